The number of halogens is 2. The van der Waals surface area contributed by atoms with Crippen molar-refractivity contribution in [3.8, 4) is 0 Å². The van der Waals surface area contributed by atoms with Gasteiger partial charge in [0.25, 0.3) is 0 Å². The van der Waals surface area contributed by atoms with Gasteiger partial charge in [0.15, 0.2) is 0 Å². The molecular formula is C11H10BrFN2O2. The largest absolute Gasteiger partial charge is 0.373 e. The first kappa shape index (κ1) is 12.0. The molecule has 0 spiro atoms. The van der Waals surface area contributed by atoms with Crippen molar-refractivity contribution in [2.24, 2.45) is 0 Å². The molecule has 0 radical (unpaired) electrons. The summed E-state index contributed by atoms with van der Waals surface area (Å²) >= 11 is 3.08. The second kappa shape index (κ2) is 4.44. The maximum absolute atomic E-state index is 13.4. The number of benzene rings is 1. The third-order valence-corrected chi connectivity index (χ3v) is 3.17. The summed E-state index contributed by atoms with van der Waals surface area (Å²) in [6.07, 6.45) is 0.0793. The fourth-order valence-corrected chi connectivity index (χ4v) is 2.12. The molecule has 0 saturated carbocycles. The molecule has 1 aromatic carbocycles. The van der Waals surface area contributed by atoms with E-state index >= 15 is 0 Å². The van der Waals surface area contributed by atoms with Gasteiger partial charge < -0.3 is 5.32 Å². The van der Waals surface area contributed by atoms with Crippen molar-refractivity contribution in [3.63, 3.8) is 0 Å². The molecule has 0 aliphatic carbocycles. The third-order valence-electron chi connectivity index (χ3n) is 2.57. The highest BCUT2D eigenvalue weighted by Gasteiger charge is 2.30. The van der Waals surface area contributed by atoms with Gasteiger partial charge in [0.2, 0.25) is 11.8 Å². The van der Waals surface area contributed by atoms with Crippen LogP contribution in [0.3, 0.4) is 0 Å². The van der Waals surface area contributed by atoms with E-state index in [2.05, 4.69) is 26.6 Å². The van der Waals surface area contributed by atoms with E-state index in [0.29, 0.717) is 10.2 Å². The molecule has 1 saturated heterocycles. The Morgan fingerprint density at radius 3 is 2.76 bits per heavy atom. The quantitative estimate of drug-likeness (QED) is 0.818. The van der Waals surface area contributed by atoms with Crippen molar-refractivity contribution in [1.29, 1.82) is 0 Å². The van der Waals surface area contributed by atoms with Crippen LogP contribution >= 0.6 is 15.9 Å². The second-order valence-electron chi connectivity index (χ2n) is 3.89. The van der Waals surface area contributed by atoms with Crippen LogP contribution in [0.15, 0.2) is 16.6 Å². The zero-order valence-corrected chi connectivity index (χ0v) is 10.6. The van der Waals surface area contributed by atoms with Crippen LogP contribution in [-0.4, -0.2) is 17.9 Å². The highest BCUT2D eigenvalue weighted by Crippen LogP contribution is 2.25. The van der Waals surface area contributed by atoms with Crippen LogP contribution in [0.25, 0.3) is 0 Å². The average molecular weight is 301 g/mol. The Hall–Kier alpha value is -1.43. The van der Waals surface area contributed by atoms with Crippen LogP contribution in [0, 0.1) is 12.7 Å². The van der Waals surface area contributed by atoms with Crippen LogP contribution < -0.4 is 10.6 Å². The molecule has 17 heavy (non-hydrogen) atoms. The van der Waals surface area contributed by atoms with E-state index in [0.717, 1.165) is 5.56 Å². The van der Waals surface area contributed by atoms with Crippen molar-refractivity contribution >= 4 is 33.4 Å². The molecule has 2 amide bonds. The van der Waals surface area contributed by atoms with Gasteiger partial charge in [0, 0.05) is 5.69 Å². The fraction of sp³-hybridized carbons (Fsp3) is 0.273. The Kier molecular flexibility index (Phi) is 3.15. The minimum Gasteiger partial charge on any atom is -0.373 e. The Bertz CT molecular complexity index is 504. The molecule has 1 fully saturated rings. The second-order valence-corrected chi connectivity index (χ2v) is 4.75. The molecule has 1 aromatic rings. The summed E-state index contributed by atoms with van der Waals surface area (Å²) in [4.78, 5) is 22.4. The number of nitrogens with one attached hydrogen (secondary N) is 2. The zero-order valence-electron chi connectivity index (χ0n) is 9.01. The number of rotatable bonds is 2. The SMILES string of the molecule is Cc1cc(Br)c(F)cc1NC1CC(=O)NC1=O. The van der Waals surface area contributed by atoms with Crippen LogP contribution in [-0.2, 0) is 9.59 Å². The first-order valence-electron chi connectivity index (χ1n) is 5.03. The van der Waals surface area contributed by atoms with Crippen LogP contribution in [0.1, 0.15) is 12.0 Å². The Morgan fingerprint density at radius 1 is 1.47 bits per heavy atom. The van der Waals surface area contributed by atoms with Crippen molar-refractivity contribution in [2.45, 2.75) is 19.4 Å². The molecular weight excluding hydrogens is 291 g/mol. The van der Waals surface area contributed by atoms with Crippen molar-refractivity contribution in [3.05, 3.63) is 28.0 Å². The Labute approximate surface area is 106 Å². The highest BCUT2D eigenvalue weighted by atomic mass is 79.9. The van der Waals surface area contributed by atoms with E-state index in [1.165, 1.54) is 6.07 Å². The lowest BCUT2D eigenvalue weighted by atomic mass is 10.1. The predicted molar refractivity (Wildman–Crippen MR) is 64.0 cm³/mol. The van der Waals surface area contributed by atoms with Crippen LogP contribution in [0.4, 0.5) is 10.1 Å². The number of carbonyl (C=O) groups excluding carboxylic acids is 2. The van der Waals surface area contributed by atoms with Gasteiger partial charge in [-0.15, -0.1) is 0 Å². The summed E-state index contributed by atoms with van der Waals surface area (Å²) in [6.45, 7) is 1.79. The van der Waals surface area contributed by atoms with Gasteiger partial charge in [-0.1, -0.05) is 0 Å². The molecule has 1 aliphatic rings. The Morgan fingerprint density at radius 2 is 2.18 bits per heavy atom. The zero-order chi connectivity index (χ0) is 12.6. The molecule has 1 atom stereocenters. The molecule has 2 N–H and O–H groups in total. The van der Waals surface area contributed by atoms with Gasteiger partial charge in [-0.25, -0.2) is 4.39 Å². The lowest BCUT2D eigenvalue weighted by Crippen LogP contribution is -2.30. The standard InChI is InChI=1S/C11H10BrFN2O2/c1-5-2-6(12)7(13)3-8(5)14-9-4-10(16)15-11(9)17/h2-3,9,14H,4H2,1H3,(H,15,16,17). The summed E-state index contributed by atoms with van der Waals surface area (Å²) in [5, 5.41) is 5.05. The molecule has 1 unspecified atom stereocenters. The van der Waals surface area contributed by atoms with E-state index in [4.69, 9.17) is 0 Å². The lowest BCUT2D eigenvalue weighted by molar-refractivity contribution is -0.124. The smallest absolute Gasteiger partial charge is 0.249 e. The van der Waals surface area contributed by atoms with E-state index < -0.39 is 11.9 Å². The molecule has 0 bridgehead atoms. The van der Waals surface area contributed by atoms with Gasteiger partial charge in [0.05, 0.1) is 10.9 Å². The van der Waals surface area contributed by atoms with Gasteiger partial charge in [-0.2, -0.15) is 0 Å². The Balaban J connectivity index is 2.22. The minimum absolute atomic E-state index is 0.0793. The van der Waals surface area contributed by atoms with Crippen molar-refractivity contribution < 1.29 is 14.0 Å². The maximum atomic E-state index is 13.4. The number of hydrogen-bond donors (Lipinski definition) is 2. The molecule has 1 aliphatic heterocycles. The molecule has 0 aromatic heterocycles. The summed E-state index contributed by atoms with van der Waals surface area (Å²) in [5.74, 6) is -1.11. The van der Waals surface area contributed by atoms with Crippen molar-refractivity contribution in [1.82, 2.24) is 5.32 Å². The summed E-state index contributed by atoms with van der Waals surface area (Å²) in [7, 11) is 0. The first-order chi connectivity index (χ1) is 7.97. The third kappa shape index (κ3) is 2.46. The summed E-state index contributed by atoms with van der Waals surface area (Å²) in [5.41, 5.74) is 1.31. The summed E-state index contributed by atoms with van der Waals surface area (Å²) in [6, 6.07) is 2.30. The van der Waals surface area contributed by atoms with Crippen molar-refractivity contribution in [2.75, 3.05) is 5.32 Å². The lowest BCUT2D eigenvalue weighted by Gasteiger charge is -2.13. The topological polar surface area (TPSA) is 58.2 Å². The van der Waals surface area contributed by atoms with Crippen LogP contribution in [0.5, 0.6) is 0 Å². The van der Waals surface area contributed by atoms with Crippen LogP contribution in [0.2, 0.25) is 0 Å². The number of aryl methyl sites for hydroxylation is 1. The first-order valence-corrected chi connectivity index (χ1v) is 5.82. The summed E-state index contributed by atoms with van der Waals surface area (Å²) < 4.78 is 13.7. The number of carbonyl (C=O) groups is 2. The van der Waals surface area contributed by atoms with E-state index in [9.17, 15) is 14.0 Å². The van der Waals surface area contributed by atoms with Gasteiger partial charge in [-0.3, -0.25) is 14.9 Å². The minimum atomic E-state index is -0.623. The fourth-order valence-electron chi connectivity index (χ4n) is 1.66. The molecule has 90 valence electrons. The normalized spacial score (nSPS) is 19.4. The highest BCUT2D eigenvalue weighted by molar-refractivity contribution is 9.10. The number of anilines is 1. The van der Waals surface area contributed by atoms with E-state index in [1.54, 1.807) is 13.0 Å². The van der Waals surface area contributed by atoms with Gasteiger partial charge >= 0.3 is 0 Å². The molecule has 4 nitrogen and oxygen atoms in total. The van der Waals surface area contributed by atoms with Gasteiger partial charge in [0.1, 0.15) is 11.9 Å². The number of hydrogen-bond acceptors (Lipinski definition) is 3. The monoisotopic (exact) mass is 300 g/mol. The average Bonchev–Trinajstić information content (AvgIpc) is 2.54. The number of amides is 2. The van der Waals surface area contributed by atoms with E-state index in [1.807, 2.05) is 0 Å². The maximum Gasteiger partial charge on any atom is 0.249 e. The van der Waals surface area contributed by atoms with E-state index in [-0.39, 0.29) is 18.2 Å². The predicted octanol–water partition coefficient (Wildman–Crippen LogP) is 1.72. The molecule has 6 heteroatoms. The number of imide groups is 1. The molecule has 2 rings (SSSR count). The molecule has 1 heterocycles. The van der Waals surface area contributed by atoms with Gasteiger partial charge in [-0.05, 0) is 40.5 Å².